The van der Waals surface area contributed by atoms with Gasteiger partial charge in [0.05, 0.1) is 12.7 Å². The van der Waals surface area contributed by atoms with E-state index in [1.807, 2.05) is 13.8 Å². The van der Waals surface area contributed by atoms with Gasteiger partial charge < -0.3 is 10.5 Å². The fourth-order valence-corrected chi connectivity index (χ4v) is 1.22. The fraction of sp³-hybridized carbons (Fsp3) is 0.417. The highest BCUT2D eigenvalue weighted by atomic mass is 19.4. The van der Waals surface area contributed by atoms with E-state index in [9.17, 15) is 22.4 Å². The third-order valence-electron chi connectivity index (χ3n) is 2.11. The SMILES string of the molecule is CC.COC(=O)C(N)c1ccc(C(F)(F)F)c(F)c1. The summed E-state index contributed by atoms with van der Waals surface area (Å²) in [5.74, 6) is -2.33. The quantitative estimate of drug-likeness (QED) is 0.669. The van der Waals surface area contributed by atoms with Crippen LogP contribution in [0.15, 0.2) is 18.2 Å². The first-order valence-corrected chi connectivity index (χ1v) is 5.47. The Kier molecular flexibility index (Phi) is 6.47. The van der Waals surface area contributed by atoms with Crippen molar-refractivity contribution in [2.24, 2.45) is 5.73 Å². The molecule has 0 radical (unpaired) electrons. The van der Waals surface area contributed by atoms with Crippen molar-refractivity contribution in [1.29, 1.82) is 0 Å². The van der Waals surface area contributed by atoms with Gasteiger partial charge in [-0.25, -0.2) is 4.39 Å². The van der Waals surface area contributed by atoms with Gasteiger partial charge in [-0.2, -0.15) is 13.2 Å². The summed E-state index contributed by atoms with van der Waals surface area (Å²) in [4.78, 5) is 11.0. The number of nitrogens with two attached hydrogens (primary N) is 1. The van der Waals surface area contributed by atoms with E-state index >= 15 is 0 Å². The number of esters is 1. The zero-order chi connectivity index (χ0) is 15.2. The minimum atomic E-state index is -4.78. The lowest BCUT2D eigenvalue weighted by Gasteiger charge is -2.12. The van der Waals surface area contributed by atoms with Crippen molar-refractivity contribution in [1.82, 2.24) is 0 Å². The summed E-state index contributed by atoms with van der Waals surface area (Å²) in [6, 6.07) is 0.738. The Hall–Kier alpha value is -1.63. The molecule has 0 aliphatic rings. The van der Waals surface area contributed by atoms with Crippen LogP contribution in [-0.2, 0) is 15.7 Å². The van der Waals surface area contributed by atoms with Gasteiger partial charge in [0.1, 0.15) is 11.9 Å². The number of halogens is 4. The molecule has 0 aliphatic heterocycles. The van der Waals surface area contributed by atoms with E-state index in [-0.39, 0.29) is 5.56 Å². The predicted molar refractivity (Wildman–Crippen MR) is 61.7 cm³/mol. The molecule has 108 valence electrons. The van der Waals surface area contributed by atoms with Crippen molar-refractivity contribution < 1.29 is 27.1 Å². The maximum Gasteiger partial charge on any atom is 0.419 e. The highest BCUT2D eigenvalue weighted by molar-refractivity contribution is 5.77. The van der Waals surface area contributed by atoms with Gasteiger partial charge in [-0.1, -0.05) is 19.9 Å². The standard InChI is InChI=1S/C10H9F4NO2.C2H6/c1-17-9(16)8(15)5-2-3-6(7(11)4-5)10(12,13)14;1-2/h2-4,8H,15H2,1H3;1-2H3. The average Bonchev–Trinajstić information content (AvgIpc) is 2.37. The van der Waals surface area contributed by atoms with Gasteiger partial charge in [-0.3, -0.25) is 4.79 Å². The Bertz CT molecular complexity index is 432. The number of carbonyl (C=O) groups is 1. The number of hydrogen-bond donors (Lipinski definition) is 1. The number of alkyl halides is 3. The first-order valence-electron chi connectivity index (χ1n) is 5.47. The smallest absolute Gasteiger partial charge is 0.419 e. The van der Waals surface area contributed by atoms with Crippen LogP contribution in [0.4, 0.5) is 17.6 Å². The molecule has 3 nitrogen and oxygen atoms in total. The van der Waals surface area contributed by atoms with Gasteiger partial charge >= 0.3 is 12.1 Å². The molecule has 0 saturated heterocycles. The molecule has 0 aliphatic carbocycles. The van der Waals surface area contributed by atoms with Crippen molar-refractivity contribution in [3.05, 3.63) is 35.1 Å². The van der Waals surface area contributed by atoms with Crippen LogP contribution in [0, 0.1) is 5.82 Å². The second-order valence-corrected chi connectivity index (χ2v) is 3.24. The molecule has 0 amide bonds. The van der Waals surface area contributed by atoms with Crippen LogP contribution in [0.1, 0.15) is 31.0 Å². The van der Waals surface area contributed by atoms with Crippen molar-refractivity contribution in [2.45, 2.75) is 26.1 Å². The van der Waals surface area contributed by atoms with Gasteiger partial charge in [0.25, 0.3) is 0 Å². The van der Waals surface area contributed by atoms with Crippen molar-refractivity contribution in [3.63, 3.8) is 0 Å². The van der Waals surface area contributed by atoms with Crippen molar-refractivity contribution in [2.75, 3.05) is 7.11 Å². The second-order valence-electron chi connectivity index (χ2n) is 3.24. The van der Waals surface area contributed by atoms with Gasteiger partial charge in [0, 0.05) is 0 Å². The van der Waals surface area contributed by atoms with Gasteiger partial charge in [-0.05, 0) is 17.7 Å². The monoisotopic (exact) mass is 281 g/mol. The van der Waals surface area contributed by atoms with Gasteiger partial charge in [0.15, 0.2) is 0 Å². The minimum absolute atomic E-state index is 0.0812. The first-order chi connectivity index (χ1) is 8.77. The van der Waals surface area contributed by atoms with E-state index in [4.69, 9.17) is 5.73 Å². The van der Waals surface area contributed by atoms with E-state index < -0.39 is 29.6 Å². The first kappa shape index (κ1) is 17.4. The molecule has 0 aromatic heterocycles. The summed E-state index contributed by atoms with van der Waals surface area (Å²) in [6.45, 7) is 4.00. The van der Waals surface area contributed by atoms with Gasteiger partial charge in [0.2, 0.25) is 0 Å². The lowest BCUT2D eigenvalue weighted by molar-refractivity contribution is -0.142. The Balaban J connectivity index is 0.00000154. The summed E-state index contributed by atoms with van der Waals surface area (Å²) in [6.07, 6.45) is -4.78. The molecular weight excluding hydrogens is 266 g/mol. The summed E-state index contributed by atoms with van der Waals surface area (Å²) < 4.78 is 54.2. The minimum Gasteiger partial charge on any atom is -0.468 e. The van der Waals surface area contributed by atoms with E-state index in [1.54, 1.807) is 0 Å². The van der Waals surface area contributed by atoms with E-state index in [0.29, 0.717) is 12.1 Å². The lowest BCUT2D eigenvalue weighted by atomic mass is 10.0. The average molecular weight is 281 g/mol. The molecule has 2 N–H and O–H groups in total. The second kappa shape index (κ2) is 7.08. The van der Waals surface area contributed by atoms with Crippen LogP contribution in [0.5, 0.6) is 0 Å². The highest BCUT2D eigenvalue weighted by Gasteiger charge is 2.34. The molecule has 0 saturated carbocycles. The maximum absolute atomic E-state index is 13.1. The number of ether oxygens (including phenoxy) is 1. The van der Waals surface area contributed by atoms with Crippen LogP contribution < -0.4 is 5.73 Å². The molecule has 1 atom stereocenters. The van der Waals surface area contributed by atoms with Crippen LogP contribution in [0.25, 0.3) is 0 Å². The molecule has 7 heteroatoms. The Labute approximate surface area is 108 Å². The topological polar surface area (TPSA) is 52.3 Å². The maximum atomic E-state index is 13.1. The Morgan fingerprint density at radius 1 is 1.32 bits per heavy atom. The molecule has 0 bridgehead atoms. The molecule has 1 aromatic rings. The largest absolute Gasteiger partial charge is 0.468 e. The van der Waals surface area contributed by atoms with E-state index in [2.05, 4.69) is 4.74 Å². The van der Waals surface area contributed by atoms with Crippen molar-refractivity contribution in [3.8, 4) is 0 Å². The molecule has 1 aromatic carbocycles. The molecule has 0 fully saturated rings. The Morgan fingerprint density at radius 3 is 2.21 bits per heavy atom. The molecule has 0 spiro atoms. The zero-order valence-corrected chi connectivity index (χ0v) is 10.7. The lowest BCUT2D eigenvalue weighted by Crippen LogP contribution is -2.23. The van der Waals surface area contributed by atoms with Crippen LogP contribution in [-0.4, -0.2) is 13.1 Å². The number of methoxy groups -OCH3 is 1. The third kappa shape index (κ3) is 4.51. The summed E-state index contributed by atoms with van der Waals surface area (Å²) >= 11 is 0. The normalized spacial score (nSPS) is 12.2. The summed E-state index contributed by atoms with van der Waals surface area (Å²) in [7, 11) is 1.07. The third-order valence-corrected chi connectivity index (χ3v) is 2.11. The summed E-state index contributed by atoms with van der Waals surface area (Å²) in [5, 5.41) is 0. The predicted octanol–water partition coefficient (Wildman–Crippen LogP) is 3.04. The highest BCUT2D eigenvalue weighted by Crippen LogP contribution is 2.32. The molecule has 1 unspecified atom stereocenters. The van der Waals surface area contributed by atoms with Gasteiger partial charge in [-0.15, -0.1) is 0 Å². The van der Waals surface area contributed by atoms with Crippen molar-refractivity contribution >= 4 is 5.97 Å². The van der Waals surface area contributed by atoms with E-state index in [0.717, 1.165) is 13.2 Å². The number of carbonyl (C=O) groups excluding carboxylic acids is 1. The fourth-order valence-electron chi connectivity index (χ4n) is 1.22. The summed E-state index contributed by atoms with van der Waals surface area (Å²) in [5.41, 5.74) is 3.87. The molecule has 19 heavy (non-hydrogen) atoms. The van der Waals surface area contributed by atoms with Crippen LogP contribution in [0.3, 0.4) is 0 Å². The molecule has 0 heterocycles. The van der Waals surface area contributed by atoms with Crippen LogP contribution in [0.2, 0.25) is 0 Å². The molecular formula is C12H15F4NO2. The number of rotatable bonds is 2. The van der Waals surface area contributed by atoms with Crippen LogP contribution >= 0.6 is 0 Å². The Morgan fingerprint density at radius 2 is 1.84 bits per heavy atom. The zero-order valence-electron chi connectivity index (χ0n) is 10.7. The van der Waals surface area contributed by atoms with E-state index in [1.165, 1.54) is 0 Å². The molecule has 1 rings (SSSR count). The number of benzene rings is 1. The number of hydrogen-bond acceptors (Lipinski definition) is 3.